The van der Waals surface area contributed by atoms with Gasteiger partial charge in [0.05, 0.1) is 0 Å². The van der Waals surface area contributed by atoms with E-state index in [1.807, 2.05) is 0 Å². The summed E-state index contributed by atoms with van der Waals surface area (Å²) < 4.78 is 0.315. The van der Waals surface area contributed by atoms with Crippen molar-refractivity contribution in [2.45, 2.75) is 37.2 Å². The Morgan fingerprint density at radius 3 is 1.67 bits per heavy atom. The summed E-state index contributed by atoms with van der Waals surface area (Å²) in [4.78, 5) is 0. The first-order valence-electron chi connectivity index (χ1n) is 4.40. The quantitative estimate of drug-likeness (QED) is 0.423. The molecule has 15 heavy (non-hydrogen) atoms. The van der Waals surface area contributed by atoms with E-state index in [1.165, 1.54) is 5.57 Å². The predicted molar refractivity (Wildman–Crippen MR) is 53.6 cm³/mol. The van der Waals surface area contributed by atoms with E-state index in [2.05, 4.69) is 66.1 Å². The van der Waals surface area contributed by atoms with Crippen molar-refractivity contribution in [3.63, 3.8) is 0 Å². The van der Waals surface area contributed by atoms with Gasteiger partial charge in [-0.05, 0) is 0 Å². The molecule has 0 aromatic carbocycles. The summed E-state index contributed by atoms with van der Waals surface area (Å²) in [6, 6.07) is 0. The maximum atomic E-state index is 2.45. The van der Waals surface area contributed by atoms with Gasteiger partial charge in [-0.25, -0.2) is 0 Å². The summed E-state index contributed by atoms with van der Waals surface area (Å²) >= 11 is 2.30. The predicted octanol–water partition coefficient (Wildman–Crippen LogP) is -5.51. The Morgan fingerprint density at radius 1 is 1.13 bits per heavy atom. The van der Waals surface area contributed by atoms with Crippen molar-refractivity contribution < 1.29 is 57.7 Å². The summed E-state index contributed by atoms with van der Waals surface area (Å²) in [6.07, 6.45) is 4.85. The fraction of sp³-hybridized carbons (Fsp3) is 0.600. The molecular formula is C10H17Cl3SiTi. The van der Waals surface area contributed by atoms with E-state index < -0.39 is 8.07 Å². The fourth-order valence-electron chi connectivity index (χ4n) is 1.28. The third-order valence-electron chi connectivity index (χ3n) is 2.50. The zero-order valence-corrected chi connectivity index (χ0v) is 14.6. The summed E-state index contributed by atoms with van der Waals surface area (Å²) in [5.74, 6) is 0. The minimum absolute atomic E-state index is 0. The van der Waals surface area contributed by atoms with Crippen LogP contribution in [-0.4, -0.2) is 8.07 Å². The van der Waals surface area contributed by atoms with Crippen LogP contribution in [0.1, 0.15) is 13.8 Å². The van der Waals surface area contributed by atoms with E-state index in [0.29, 0.717) is 3.72 Å². The molecule has 1 rings (SSSR count). The van der Waals surface area contributed by atoms with Crippen molar-refractivity contribution in [1.29, 1.82) is 0 Å². The van der Waals surface area contributed by atoms with Crippen molar-refractivity contribution in [2.24, 2.45) is 0 Å². The zero-order valence-electron chi connectivity index (χ0n) is 9.79. The third-order valence-corrected chi connectivity index (χ3v) is 5.36. The largest absolute Gasteiger partial charge is 1.00 e. The average Bonchev–Trinajstić information content (AvgIpc) is 2.06. The second-order valence-corrected chi connectivity index (χ2v) is 11.6. The monoisotopic (exact) mass is 318 g/mol. The van der Waals surface area contributed by atoms with Crippen LogP contribution in [-0.2, 0) is 20.4 Å². The van der Waals surface area contributed by atoms with Gasteiger partial charge < -0.3 is 37.2 Å². The Hall–Kier alpha value is 1.28. The van der Waals surface area contributed by atoms with Crippen LogP contribution in [0.2, 0.25) is 23.4 Å². The molecular weight excluding hydrogens is 302 g/mol. The molecule has 0 radical (unpaired) electrons. The summed E-state index contributed by atoms with van der Waals surface area (Å²) in [6.45, 7) is 11.8. The molecule has 0 N–H and O–H groups in total. The van der Waals surface area contributed by atoms with Crippen molar-refractivity contribution in [1.82, 2.24) is 0 Å². The smallest absolute Gasteiger partial charge is 1.00 e. The molecule has 0 bridgehead atoms. The van der Waals surface area contributed by atoms with Crippen molar-refractivity contribution in [3.8, 4) is 0 Å². The molecule has 1 aliphatic carbocycles. The van der Waals surface area contributed by atoms with E-state index in [4.69, 9.17) is 0 Å². The van der Waals surface area contributed by atoms with Crippen LogP contribution in [0.3, 0.4) is 0 Å². The van der Waals surface area contributed by atoms with Gasteiger partial charge in [-0.3, -0.25) is 0 Å². The normalized spacial score (nSPS) is 24.2. The van der Waals surface area contributed by atoms with Crippen LogP contribution in [0.25, 0.3) is 0 Å². The van der Waals surface area contributed by atoms with Crippen molar-refractivity contribution >= 4 is 8.07 Å². The Labute approximate surface area is 125 Å². The fourth-order valence-corrected chi connectivity index (χ4v) is 3.23. The minimum atomic E-state index is -1.07. The number of hydrogen-bond donors (Lipinski definition) is 0. The number of hydrogen-bond acceptors (Lipinski definition) is 0. The molecule has 0 nitrogen and oxygen atoms in total. The maximum absolute atomic E-state index is 2.45. The second kappa shape index (κ2) is 6.88. The Kier molecular flexibility index (Phi) is 9.89. The van der Waals surface area contributed by atoms with Crippen LogP contribution < -0.4 is 37.2 Å². The minimum Gasteiger partial charge on any atom is -1.00 e. The van der Waals surface area contributed by atoms with E-state index in [-0.39, 0.29) is 37.2 Å². The van der Waals surface area contributed by atoms with Crippen molar-refractivity contribution in [2.75, 3.05) is 0 Å². The summed E-state index contributed by atoms with van der Waals surface area (Å²) in [5.41, 5.74) is 1.51. The van der Waals surface area contributed by atoms with E-state index >= 15 is 0 Å². The van der Waals surface area contributed by atoms with Crippen LogP contribution >= 0.6 is 0 Å². The molecule has 0 fully saturated rings. The van der Waals surface area contributed by atoms with Gasteiger partial charge in [0.25, 0.3) is 0 Å². The first kappa shape index (κ1) is 21.6. The molecule has 1 atom stereocenters. The molecule has 1 unspecified atom stereocenters. The van der Waals surface area contributed by atoms with Crippen LogP contribution in [0.15, 0.2) is 22.9 Å². The Bertz CT molecular complexity index is 264. The van der Waals surface area contributed by atoms with Crippen LogP contribution in [0, 0.1) is 0 Å². The van der Waals surface area contributed by atoms with E-state index in [9.17, 15) is 0 Å². The molecule has 0 spiro atoms. The molecule has 0 aromatic rings. The van der Waals surface area contributed by atoms with Gasteiger partial charge in [0.1, 0.15) is 0 Å². The molecule has 0 heterocycles. The molecule has 0 saturated carbocycles. The average molecular weight is 320 g/mol. The first-order valence-corrected chi connectivity index (χ1v) is 8.69. The summed E-state index contributed by atoms with van der Waals surface area (Å²) in [7, 11) is -1.07. The topological polar surface area (TPSA) is 0 Å². The van der Waals surface area contributed by atoms with Gasteiger partial charge in [0.2, 0.25) is 0 Å². The summed E-state index contributed by atoms with van der Waals surface area (Å²) in [5, 5.41) is 1.62. The van der Waals surface area contributed by atoms with E-state index in [1.54, 1.807) is 5.20 Å². The second-order valence-electron chi connectivity index (χ2n) is 4.88. The number of rotatable bonds is 1. The molecule has 5 heteroatoms. The third kappa shape index (κ3) is 5.43. The number of halogens is 3. The van der Waals surface area contributed by atoms with Crippen LogP contribution in [0.5, 0.6) is 0 Å². The molecule has 0 saturated heterocycles. The zero-order chi connectivity index (χ0) is 9.57. The van der Waals surface area contributed by atoms with E-state index in [0.717, 1.165) is 0 Å². The molecule has 1 aliphatic rings. The van der Waals surface area contributed by atoms with Gasteiger partial charge in [-0.1, -0.05) is 0 Å². The Balaban J connectivity index is -0.000000480. The van der Waals surface area contributed by atoms with Crippen molar-refractivity contribution in [3.05, 3.63) is 22.9 Å². The number of allylic oxidation sites excluding steroid dienone is 4. The van der Waals surface area contributed by atoms with Gasteiger partial charge >= 0.3 is 88.6 Å². The Morgan fingerprint density at radius 2 is 1.53 bits per heavy atom. The molecule has 0 aromatic heterocycles. The SMILES string of the molecule is CC1=CC([Si](C)(C)C)=C[C]1(C)[Ti+3].[Cl-].[Cl-].[Cl-]. The maximum Gasteiger partial charge on any atom is -1.00 e. The van der Waals surface area contributed by atoms with Gasteiger partial charge in [0, 0.05) is 0 Å². The van der Waals surface area contributed by atoms with Gasteiger partial charge in [0.15, 0.2) is 0 Å². The standard InChI is InChI=1S/C10H17Si.3ClH.Ti/c1-8-6-10(7-9(8)2)11(3,4)5;;;;/h6-7H,1-5H3;3*1H;/q;;;;+3/p-3. The van der Waals surface area contributed by atoms with Gasteiger partial charge in [-0.2, -0.15) is 0 Å². The van der Waals surface area contributed by atoms with Crippen LogP contribution in [0.4, 0.5) is 0 Å². The van der Waals surface area contributed by atoms with Gasteiger partial charge in [-0.15, -0.1) is 0 Å². The first-order chi connectivity index (χ1) is 5.23. The molecule has 0 amide bonds. The molecule has 0 aliphatic heterocycles. The molecule has 86 valence electrons.